The van der Waals surface area contributed by atoms with Crippen LogP contribution in [0.1, 0.15) is 35.8 Å². The summed E-state index contributed by atoms with van der Waals surface area (Å²) < 4.78 is 0. The van der Waals surface area contributed by atoms with Gasteiger partial charge in [0.1, 0.15) is 5.38 Å². The quantitative estimate of drug-likeness (QED) is 0.757. The third kappa shape index (κ3) is 4.99. The van der Waals surface area contributed by atoms with Crippen LogP contribution in [0.3, 0.4) is 0 Å². The van der Waals surface area contributed by atoms with Gasteiger partial charge in [-0.25, -0.2) is 0 Å². The zero-order chi connectivity index (χ0) is 19.3. The fourth-order valence-corrected chi connectivity index (χ4v) is 2.58. The first-order chi connectivity index (χ1) is 12.3. The molecule has 6 heteroatoms. The third-order valence-corrected chi connectivity index (χ3v) is 4.20. The van der Waals surface area contributed by atoms with Gasteiger partial charge in [0.15, 0.2) is 0 Å². The molecule has 0 radical (unpaired) electrons. The third-order valence-electron chi connectivity index (χ3n) is 4.00. The summed E-state index contributed by atoms with van der Waals surface area (Å²) in [5.41, 5.74) is 2.80. The van der Waals surface area contributed by atoms with Crippen LogP contribution in [0.25, 0.3) is 0 Å². The Hall–Kier alpha value is -2.53. The molecule has 5 nitrogen and oxygen atoms in total. The number of nitrogens with one attached hydrogen (secondary N) is 2. The van der Waals surface area contributed by atoms with Crippen LogP contribution in [0.5, 0.6) is 0 Å². The highest BCUT2D eigenvalue weighted by Crippen LogP contribution is 2.24. The highest BCUT2D eigenvalue weighted by atomic mass is 35.5. The van der Waals surface area contributed by atoms with E-state index in [4.69, 9.17) is 11.6 Å². The van der Waals surface area contributed by atoms with E-state index < -0.39 is 5.38 Å². The van der Waals surface area contributed by atoms with E-state index in [1.165, 1.54) is 0 Å². The number of carbonyl (C=O) groups is 2. The Morgan fingerprint density at radius 1 is 1.04 bits per heavy atom. The molecule has 2 aromatic rings. The Balaban J connectivity index is 2.26. The van der Waals surface area contributed by atoms with Crippen LogP contribution in [-0.4, -0.2) is 31.3 Å². The van der Waals surface area contributed by atoms with Crippen LogP contribution in [0.15, 0.2) is 48.5 Å². The molecule has 2 amide bonds. The summed E-state index contributed by atoms with van der Waals surface area (Å²) in [6.45, 7) is 3.53. The molecule has 0 aliphatic rings. The second-order valence-corrected chi connectivity index (χ2v) is 6.99. The molecule has 0 spiro atoms. The van der Waals surface area contributed by atoms with Gasteiger partial charge in [-0.3, -0.25) is 9.59 Å². The predicted octanol–water partition coefficient (Wildman–Crippen LogP) is 3.81. The molecule has 2 aromatic carbocycles. The summed E-state index contributed by atoms with van der Waals surface area (Å²) >= 11 is 5.80. The molecule has 0 saturated carbocycles. The number of alkyl halides is 1. The van der Waals surface area contributed by atoms with Crippen LogP contribution in [0, 0.1) is 0 Å². The number of amides is 2. The van der Waals surface area contributed by atoms with Crippen molar-refractivity contribution in [2.45, 2.75) is 25.3 Å². The van der Waals surface area contributed by atoms with Gasteiger partial charge in [-0.15, -0.1) is 11.6 Å². The number of hydrogen-bond acceptors (Lipinski definition) is 3. The average Bonchev–Trinajstić information content (AvgIpc) is 2.61. The number of halogens is 1. The minimum absolute atomic E-state index is 0.139. The molecule has 2 atom stereocenters. The van der Waals surface area contributed by atoms with E-state index in [1.54, 1.807) is 25.1 Å². The largest absolute Gasteiger partial charge is 0.377 e. The number of benzene rings is 2. The number of hydrogen-bond donors (Lipinski definition) is 2. The van der Waals surface area contributed by atoms with Crippen molar-refractivity contribution in [1.82, 2.24) is 5.32 Å². The smallest absolute Gasteiger partial charge is 0.253 e. The molecule has 0 aliphatic heterocycles. The molecule has 138 valence electrons. The normalized spacial score (nSPS) is 12.8. The summed E-state index contributed by atoms with van der Waals surface area (Å²) in [5.74, 6) is -0.520. The van der Waals surface area contributed by atoms with Crippen LogP contribution in [0.4, 0.5) is 11.4 Å². The Bertz CT molecular complexity index is 776. The van der Waals surface area contributed by atoms with Gasteiger partial charge in [0.25, 0.3) is 5.91 Å². The SMILES string of the molecule is C[C@H](NC(=O)c1cc(NC(=O)[C@@H](C)Cl)ccc1N(C)C)c1ccccc1. The minimum atomic E-state index is -0.654. The van der Waals surface area contributed by atoms with E-state index in [1.807, 2.05) is 56.3 Å². The molecule has 2 rings (SSSR count). The minimum Gasteiger partial charge on any atom is -0.377 e. The zero-order valence-corrected chi connectivity index (χ0v) is 16.2. The van der Waals surface area contributed by atoms with Crippen molar-refractivity contribution in [2.24, 2.45) is 0 Å². The Morgan fingerprint density at radius 2 is 1.69 bits per heavy atom. The molecular weight excluding hydrogens is 350 g/mol. The molecular formula is C20H24ClN3O2. The second-order valence-electron chi connectivity index (χ2n) is 6.34. The van der Waals surface area contributed by atoms with Crippen molar-refractivity contribution >= 4 is 34.8 Å². The Labute approximate surface area is 159 Å². The molecule has 2 N–H and O–H groups in total. The maximum atomic E-state index is 12.8. The van der Waals surface area contributed by atoms with E-state index >= 15 is 0 Å². The summed E-state index contributed by atoms with van der Waals surface area (Å²) in [6, 6.07) is 14.8. The average molecular weight is 374 g/mol. The summed E-state index contributed by atoms with van der Waals surface area (Å²) in [5, 5.41) is 5.07. The highest BCUT2D eigenvalue weighted by Gasteiger charge is 2.18. The van der Waals surface area contributed by atoms with Crippen LogP contribution < -0.4 is 15.5 Å². The second kappa shape index (κ2) is 8.72. The molecule has 0 unspecified atom stereocenters. The zero-order valence-electron chi connectivity index (χ0n) is 15.4. The van der Waals surface area contributed by atoms with Gasteiger partial charge in [-0.1, -0.05) is 30.3 Å². The maximum absolute atomic E-state index is 12.8. The lowest BCUT2D eigenvalue weighted by molar-refractivity contribution is -0.115. The molecule has 0 saturated heterocycles. The molecule has 26 heavy (non-hydrogen) atoms. The van der Waals surface area contributed by atoms with Crippen molar-refractivity contribution in [3.63, 3.8) is 0 Å². The summed E-state index contributed by atoms with van der Waals surface area (Å²) in [6.07, 6.45) is 0. The molecule has 0 aromatic heterocycles. The first kappa shape index (κ1) is 19.8. The van der Waals surface area contributed by atoms with Gasteiger partial charge in [0, 0.05) is 25.5 Å². The number of carbonyl (C=O) groups excluding carboxylic acids is 2. The van der Waals surface area contributed by atoms with E-state index in [0.29, 0.717) is 11.3 Å². The summed E-state index contributed by atoms with van der Waals surface area (Å²) in [4.78, 5) is 26.5. The topological polar surface area (TPSA) is 61.4 Å². The van der Waals surface area contributed by atoms with Gasteiger partial charge in [0.2, 0.25) is 5.91 Å². The standard InChI is InChI=1S/C20H24ClN3O2/c1-13(21)19(25)23-16-10-11-18(24(3)4)17(12-16)20(26)22-14(2)15-8-6-5-7-9-15/h5-14H,1-4H3,(H,22,26)(H,23,25)/t13-,14+/m1/s1. The molecule has 0 fully saturated rings. The molecule has 0 heterocycles. The fourth-order valence-electron chi connectivity index (χ4n) is 2.53. The van der Waals surface area contributed by atoms with Crippen LogP contribution in [-0.2, 0) is 4.79 Å². The molecule has 0 aliphatic carbocycles. The van der Waals surface area contributed by atoms with Gasteiger partial charge in [-0.05, 0) is 37.6 Å². The Kier molecular flexibility index (Phi) is 6.64. The highest BCUT2D eigenvalue weighted by molar-refractivity contribution is 6.32. The first-order valence-electron chi connectivity index (χ1n) is 8.41. The van der Waals surface area contributed by atoms with Crippen molar-refractivity contribution in [3.05, 3.63) is 59.7 Å². The number of anilines is 2. The van der Waals surface area contributed by atoms with Gasteiger partial charge in [-0.2, -0.15) is 0 Å². The van der Waals surface area contributed by atoms with E-state index in [0.717, 1.165) is 11.3 Å². The van der Waals surface area contributed by atoms with Crippen LogP contribution in [0.2, 0.25) is 0 Å². The monoisotopic (exact) mass is 373 g/mol. The van der Waals surface area contributed by atoms with Crippen molar-refractivity contribution in [2.75, 3.05) is 24.3 Å². The van der Waals surface area contributed by atoms with Crippen molar-refractivity contribution in [1.29, 1.82) is 0 Å². The van der Waals surface area contributed by atoms with Crippen molar-refractivity contribution in [3.8, 4) is 0 Å². The van der Waals surface area contributed by atoms with E-state index in [-0.39, 0.29) is 17.9 Å². The van der Waals surface area contributed by atoms with Crippen molar-refractivity contribution < 1.29 is 9.59 Å². The fraction of sp³-hybridized carbons (Fsp3) is 0.300. The maximum Gasteiger partial charge on any atom is 0.253 e. The van der Waals surface area contributed by atoms with Gasteiger partial charge < -0.3 is 15.5 Å². The number of rotatable bonds is 6. The lowest BCUT2D eigenvalue weighted by atomic mass is 10.1. The van der Waals surface area contributed by atoms with E-state index in [2.05, 4.69) is 10.6 Å². The summed E-state index contributed by atoms with van der Waals surface area (Å²) in [7, 11) is 3.73. The lowest BCUT2D eigenvalue weighted by Crippen LogP contribution is -2.28. The lowest BCUT2D eigenvalue weighted by Gasteiger charge is -2.20. The first-order valence-corrected chi connectivity index (χ1v) is 8.85. The number of nitrogens with zero attached hydrogens (tertiary/aromatic N) is 1. The van der Waals surface area contributed by atoms with E-state index in [9.17, 15) is 9.59 Å². The van der Waals surface area contributed by atoms with Gasteiger partial charge in [0.05, 0.1) is 11.6 Å². The predicted molar refractivity (Wildman–Crippen MR) is 107 cm³/mol. The Morgan fingerprint density at radius 3 is 2.27 bits per heavy atom. The molecule has 0 bridgehead atoms. The van der Waals surface area contributed by atoms with Crippen LogP contribution >= 0.6 is 11.6 Å². The van der Waals surface area contributed by atoms with Gasteiger partial charge >= 0.3 is 0 Å².